The Balaban J connectivity index is 2.22. The monoisotopic (exact) mass is 270 g/mol. The van der Waals surface area contributed by atoms with Crippen LogP contribution in [0, 0.1) is 0 Å². The van der Waals surface area contributed by atoms with E-state index < -0.39 is 0 Å². The number of urea groups is 1. The highest BCUT2D eigenvalue weighted by atomic mass is 79.9. The largest absolute Gasteiger partial charge is 0.496 e. The minimum absolute atomic E-state index is 0.0414. The van der Waals surface area contributed by atoms with Crippen molar-refractivity contribution in [2.45, 2.75) is 6.04 Å². The summed E-state index contributed by atoms with van der Waals surface area (Å²) in [5, 5.41) is 5.54. The molecule has 1 heterocycles. The normalized spacial score (nSPS) is 19.6. The Morgan fingerprint density at radius 3 is 2.87 bits per heavy atom. The number of amides is 2. The van der Waals surface area contributed by atoms with Gasteiger partial charge in [-0.1, -0.05) is 6.07 Å². The molecule has 0 radical (unpaired) electrons. The van der Waals surface area contributed by atoms with Gasteiger partial charge in [-0.25, -0.2) is 4.79 Å². The van der Waals surface area contributed by atoms with Crippen LogP contribution in [0.25, 0.3) is 0 Å². The first-order chi connectivity index (χ1) is 7.20. The van der Waals surface area contributed by atoms with E-state index in [0.29, 0.717) is 6.54 Å². The second kappa shape index (κ2) is 4.10. The zero-order valence-electron chi connectivity index (χ0n) is 8.21. The predicted molar refractivity (Wildman–Crippen MR) is 60.0 cm³/mol. The van der Waals surface area contributed by atoms with Gasteiger partial charge in [0.1, 0.15) is 5.75 Å². The lowest BCUT2D eigenvalue weighted by Crippen LogP contribution is -2.21. The number of halogens is 1. The first-order valence-corrected chi connectivity index (χ1v) is 5.38. The molecule has 1 fully saturated rings. The summed E-state index contributed by atoms with van der Waals surface area (Å²) in [5.41, 5.74) is 1.06. The Kier molecular flexibility index (Phi) is 2.81. The molecule has 0 spiro atoms. The van der Waals surface area contributed by atoms with Crippen LogP contribution in [0.1, 0.15) is 11.6 Å². The lowest BCUT2D eigenvalue weighted by molar-refractivity contribution is 0.247. The number of rotatable bonds is 2. The highest BCUT2D eigenvalue weighted by molar-refractivity contribution is 9.10. The van der Waals surface area contributed by atoms with Crippen LogP contribution in [0.4, 0.5) is 4.79 Å². The van der Waals surface area contributed by atoms with Gasteiger partial charge in [-0.05, 0) is 33.6 Å². The summed E-state index contributed by atoms with van der Waals surface area (Å²) in [6, 6.07) is 5.70. The van der Waals surface area contributed by atoms with Crippen molar-refractivity contribution in [2.75, 3.05) is 13.7 Å². The van der Waals surface area contributed by atoms with Crippen molar-refractivity contribution < 1.29 is 9.53 Å². The predicted octanol–water partition coefficient (Wildman–Crippen LogP) is 1.81. The Bertz CT molecular complexity index is 395. The average Bonchev–Trinajstić information content (AvgIpc) is 2.65. The molecule has 1 aromatic carbocycles. The molecule has 0 aromatic heterocycles. The van der Waals surface area contributed by atoms with Crippen molar-refractivity contribution in [3.63, 3.8) is 0 Å². The van der Waals surface area contributed by atoms with E-state index in [1.54, 1.807) is 7.11 Å². The van der Waals surface area contributed by atoms with Gasteiger partial charge in [-0.3, -0.25) is 0 Å². The molecule has 0 aliphatic carbocycles. The number of benzene rings is 1. The fourth-order valence-corrected chi connectivity index (χ4v) is 2.11. The van der Waals surface area contributed by atoms with E-state index in [1.807, 2.05) is 18.2 Å². The standard InChI is InChI=1S/C10H11BrN2O2/c1-15-9-3-2-6(4-7(9)11)8-5-12-10(14)13-8/h2-4,8H,5H2,1H3,(H2,12,13,14)/t8-/m1/s1. The summed E-state index contributed by atoms with van der Waals surface area (Å²) >= 11 is 3.41. The van der Waals surface area contributed by atoms with Crippen molar-refractivity contribution in [2.24, 2.45) is 0 Å². The van der Waals surface area contributed by atoms with Gasteiger partial charge in [-0.15, -0.1) is 0 Å². The summed E-state index contributed by atoms with van der Waals surface area (Å²) in [7, 11) is 1.62. The molecule has 1 aliphatic heterocycles. The van der Waals surface area contributed by atoms with Crippen LogP contribution in [0.5, 0.6) is 5.75 Å². The van der Waals surface area contributed by atoms with Gasteiger partial charge >= 0.3 is 6.03 Å². The number of ether oxygens (including phenoxy) is 1. The summed E-state index contributed by atoms with van der Waals surface area (Å²) in [6.45, 7) is 0.623. The third kappa shape index (κ3) is 2.07. The highest BCUT2D eigenvalue weighted by Crippen LogP contribution is 2.28. The number of carbonyl (C=O) groups excluding carboxylic acids is 1. The Hall–Kier alpha value is -1.23. The molecule has 1 atom stereocenters. The van der Waals surface area contributed by atoms with Crippen LogP contribution in [0.3, 0.4) is 0 Å². The lowest BCUT2D eigenvalue weighted by Gasteiger charge is -2.11. The Morgan fingerprint density at radius 1 is 1.53 bits per heavy atom. The molecule has 2 N–H and O–H groups in total. The minimum atomic E-state index is -0.119. The Morgan fingerprint density at radius 2 is 2.33 bits per heavy atom. The van der Waals surface area contributed by atoms with Gasteiger partial charge in [0, 0.05) is 6.54 Å². The molecular formula is C10H11BrN2O2. The van der Waals surface area contributed by atoms with Gasteiger partial charge in [0.05, 0.1) is 17.6 Å². The maximum Gasteiger partial charge on any atom is 0.315 e. The highest BCUT2D eigenvalue weighted by Gasteiger charge is 2.21. The average molecular weight is 271 g/mol. The first-order valence-electron chi connectivity index (χ1n) is 4.58. The minimum Gasteiger partial charge on any atom is -0.496 e. The van der Waals surface area contributed by atoms with Crippen molar-refractivity contribution >= 4 is 22.0 Å². The molecule has 5 heteroatoms. The summed E-state index contributed by atoms with van der Waals surface area (Å²) < 4.78 is 6.03. The maximum absolute atomic E-state index is 11.0. The van der Waals surface area contributed by atoms with E-state index in [-0.39, 0.29) is 12.1 Å². The fraction of sp³-hybridized carbons (Fsp3) is 0.300. The molecule has 1 saturated heterocycles. The smallest absolute Gasteiger partial charge is 0.315 e. The number of carbonyl (C=O) groups is 1. The van der Waals surface area contributed by atoms with Crippen LogP contribution in [0.15, 0.2) is 22.7 Å². The maximum atomic E-state index is 11.0. The van der Waals surface area contributed by atoms with Gasteiger partial charge in [-0.2, -0.15) is 0 Å². The van der Waals surface area contributed by atoms with E-state index in [0.717, 1.165) is 15.8 Å². The summed E-state index contributed by atoms with van der Waals surface area (Å²) in [4.78, 5) is 11.0. The molecule has 0 unspecified atom stereocenters. The number of hydrogen-bond acceptors (Lipinski definition) is 2. The number of nitrogens with one attached hydrogen (secondary N) is 2. The third-order valence-corrected chi connectivity index (χ3v) is 2.97. The van der Waals surface area contributed by atoms with Crippen molar-refractivity contribution in [3.8, 4) is 5.75 Å². The molecule has 80 valence electrons. The molecule has 0 saturated carbocycles. The lowest BCUT2D eigenvalue weighted by atomic mass is 10.1. The quantitative estimate of drug-likeness (QED) is 0.861. The third-order valence-electron chi connectivity index (χ3n) is 2.35. The van der Waals surface area contributed by atoms with Crippen molar-refractivity contribution in [1.29, 1.82) is 0 Å². The van der Waals surface area contributed by atoms with Crippen LogP contribution in [0.2, 0.25) is 0 Å². The molecule has 4 nitrogen and oxygen atoms in total. The molecule has 2 amide bonds. The topological polar surface area (TPSA) is 50.4 Å². The summed E-state index contributed by atoms with van der Waals surface area (Å²) in [6.07, 6.45) is 0. The van der Waals surface area contributed by atoms with E-state index >= 15 is 0 Å². The zero-order valence-corrected chi connectivity index (χ0v) is 9.80. The van der Waals surface area contributed by atoms with E-state index in [2.05, 4.69) is 26.6 Å². The number of hydrogen-bond donors (Lipinski definition) is 2. The van der Waals surface area contributed by atoms with Crippen molar-refractivity contribution in [1.82, 2.24) is 10.6 Å². The second-order valence-electron chi connectivity index (χ2n) is 3.30. The van der Waals surface area contributed by atoms with Gasteiger partial charge in [0.2, 0.25) is 0 Å². The van der Waals surface area contributed by atoms with Crippen LogP contribution in [-0.2, 0) is 0 Å². The number of methoxy groups -OCH3 is 1. The molecule has 15 heavy (non-hydrogen) atoms. The van der Waals surface area contributed by atoms with E-state index in [1.165, 1.54) is 0 Å². The van der Waals surface area contributed by atoms with Crippen LogP contribution in [-0.4, -0.2) is 19.7 Å². The van der Waals surface area contributed by atoms with Gasteiger partial charge in [0.25, 0.3) is 0 Å². The molecule has 0 bridgehead atoms. The fourth-order valence-electron chi connectivity index (χ4n) is 1.56. The zero-order chi connectivity index (χ0) is 10.8. The Labute approximate surface area is 96.1 Å². The summed E-state index contributed by atoms with van der Waals surface area (Å²) in [5.74, 6) is 0.788. The second-order valence-corrected chi connectivity index (χ2v) is 4.16. The van der Waals surface area contributed by atoms with Gasteiger partial charge in [0.15, 0.2) is 0 Å². The van der Waals surface area contributed by atoms with E-state index in [9.17, 15) is 4.79 Å². The van der Waals surface area contributed by atoms with Crippen molar-refractivity contribution in [3.05, 3.63) is 28.2 Å². The molecule has 1 aromatic rings. The van der Waals surface area contributed by atoms with Crippen LogP contribution >= 0.6 is 15.9 Å². The first kappa shape index (κ1) is 10.3. The molecule has 2 rings (SSSR count). The molecular weight excluding hydrogens is 260 g/mol. The SMILES string of the molecule is COc1ccc([C@H]2CNC(=O)N2)cc1Br. The van der Waals surface area contributed by atoms with Gasteiger partial charge < -0.3 is 15.4 Å². The molecule has 1 aliphatic rings. The van der Waals surface area contributed by atoms with Crippen LogP contribution < -0.4 is 15.4 Å². The van der Waals surface area contributed by atoms with E-state index in [4.69, 9.17) is 4.74 Å².